The fourth-order valence-electron chi connectivity index (χ4n) is 2.51. The molecule has 1 fully saturated rings. The lowest BCUT2D eigenvalue weighted by molar-refractivity contribution is 0.395. The molecule has 2 unspecified atom stereocenters. The predicted octanol–water partition coefficient (Wildman–Crippen LogP) is 0.985. The molecule has 2 atom stereocenters. The number of hydrogen-bond acceptors (Lipinski definition) is 5. The smallest absolute Gasteiger partial charge is 0.254 e. The molecule has 0 saturated carbocycles. The first-order valence-corrected chi connectivity index (χ1v) is 6.39. The average Bonchev–Trinajstić information content (AvgIpc) is 2.77. The molecule has 2 N–H and O–H groups in total. The van der Waals surface area contributed by atoms with Gasteiger partial charge in [-0.25, -0.2) is 4.98 Å². The van der Waals surface area contributed by atoms with Gasteiger partial charge in [-0.05, 0) is 33.2 Å². The maximum Gasteiger partial charge on any atom is 0.254 e. The molecule has 6 heteroatoms. The Balaban J connectivity index is 1.87. The molecule has 0 bridgehead atoms. The summed E-state index contributed by atoms with van der Waals surface area (Å²) in [4.78, 5) is 8.48. The van der Waals surface area contributed by atoms with Gasteiger partial charge in [-0.3, -0.25) is 0 Å². The quantitative estimate of drug-likeness (QED) is 0.827. The van der Waals surface area contributed by atoms with Crippen LogP contribution in [0.5, 0.6) is 0 Å². The van der Waals surface area contributed by atoms with Crippen molar-refractivity contribution >= 4 is 11.6 Å². The van der Waals surface area contributed by atoms with Gasteiger partial charge in [0.05, 0.1) is 0 Å². The van der Waals surface area contributed by atoms with E-state index in [4.69, 9.17) is 0 Å². The summed E-state index contributed by atoms with van der Waals surface area (Å²) in [5, 5.41) is 11.2. The van der Waals surface area contributed by atoms with Crippen LogP contribution in [0.3, 0.4) is 0 Å². The predicted molar refractivity (Wildman–Crippen MR) is 69.6 cm³/mol. The summed E-state index contributed by atoms with van der Waals surface area (Å²) in [6, 6.07) is 3.06. The first-order chi connectivity index (χ1) is 8.72. The molecule has 2 aromatic heterocycles. The third-order valence-corrected chi connectivity index (χ3v) is 3.36. The van der Waals surface area contributed by atoms with Gasteiger partial charge in [0.25, 0.3) is 5.78 Å². The molecule has 1 aliphatic heterocycles. The van der Waals surface area contributed by atoms with E-state index in [9.17, 15) is 0 Å². The first-order valence-electron chi connectivity index (χ1n) is 6.39. The lowest BCUT2D eigenvalue weighted by Gasteiger charge is -2.29. The molecule has 0 aromatic carbocycles. The van der Waals surface area contributed by atoms with E-state index in [0.717, 1.165) is 30.9 Å². The van der Waals surface area contributed by atoms with Gasteiger partial charge >= 0.3 is 0 Å². The van der Waals surface area contributed by atoms with Crippen LogP contribution < -0.4 is 10.6 Å². The van der Waals surface area contributed by atoms with Crippen molar-refractivity contribution in [3.8, 4) is 0 Å². The third-order valence-electron chi connectivity index (χ3n) is 3.36. The van der Waals surface area contributed by atoms with E-state index < -0.39 is 0 Å². The Morgan fingerprint density at radius 2 is 2.39 bits per heavy atom. The maximum absolute atomic E-state index is 4.34. The van der Waals surface area contributed by atoms with Gasteiger partial charge in [-0.1, -0.05) is 0 Å². The molecule has 6 nitrogen and oxygen atoms in total. The van der Waals surface area contributed by atoms with E-state index in [2.05, 4.69) is 32.6 Å². The van der Waals surface area contributed by atoms with Gasteiger partial charge in [0, 0.05) is 23.8 Å². The fraction of sp³-hybridized carbons (Fsp3) is 0.583. The highest BCUT2D eigenvalue weighted by Gasteiger charge is 2.19. The van der Waals surface area contributed by atoms with Gasteiger partial charge < -0.3 is 10.6 Å². The highest BCUT2D eigenvalue weighted by atomic mass is 15.4. The van der Waals surface area contributed by atoms with Gasteiger partial charge in [0.1, 0.15) is 12.1 Å². The Morgan fingerprint density at radius 1 is 1.50 bits per heavy atom. The van der Waals surface area contributed by atoms with E-state index in [1.54, 1.807) is 4.52 Å². The molecular weight excluding hydrogens is 228 g/mol. The third kappa shape index (κ3) is 2.15. The highest BCUT2D eigenvalue weighted by Crippen LogP contribution is 2.16. The molecule has 0 radical (unpaired) electrons. The second-order valence-corrected chi connectivity index (χ2v) is 4.98. The normalized spacial score (nSPS) is 24.3. The van der Waals surface area contributed by atoms with Crippen molar-refractivity contribution in [2.75, 3.05) is 11.9 Å². The van der Waals surface area contributed by atoms with Gasteiger partial charge in [-0.2, -0.15) is 14.6 Å². The Hall–Kier alpha value is -1.69. The minimum Gasteiger partial charge on any atom is -0.367 e. The van der Waals surface area contributed by atoms with Crippen molar-refractivity contribution in [1.29, 1.82) is 0 Å². The van der Waals surface area contributed by atoms with Crippen LogP contribution in [0.2, 0.25) is 0 Å². The molecule has 1 aliphatic rings. The summed E-state index contributed by atoms with van der Waals surface area (Å²) in [6.07, 6.45) is 3.79. The minimum atomic E-state index is 0.482. The zero-order valence-electron chi connectivity index (χ0n) is 10.7. The van der Waals surface area contributed by atoms with E-state index in [1.807, 2.05) is 13.0 Å². The number of nitrogens with one attached hydrogen (secondary N) is 2. The second-order valence-electron chi connectivity index (χ2n) is 4.98. The summed E-state index contributed by atoms with van der Waals surface area (Å²) in [7, 11) is 0. The van der Waals surface area contributed by atoms with Crippen LogP contribution in [0, 0.1) is 6.92 Å². The lowest BCUT2D eigenvalue weighted by atomic mass is 10.0. The van der Waals surface area contributed by atoms with E-state index in [0.29, 0.717) is 17.9 Å². The Kier molecular flexibility index (Phi) is 2.87. The molecule has 0 spiro atoms. The lowest BCUT2D eigenvalue weighted by Crippen LogP contribution is -2.41. The molecule has 3 heterocycles. The topological polar surface area (TPSA) is 67.1 Å². The second kappa shape index (κ2) is 4.53. The number of nitrogens with zero attached hydrogens (tertiary/aromatic N) is 4. The van der Waals surface area contributed by atoms with Crippen LogP contribution in [0.15, 0.2) is 12.4 Å². The number of piperidine rings is 1. The van der Waals surface area contributed by atoms with Gasteiger partial charge in [-0.15, -0.1) is 0 Å². The SMILES string of the molecule is Cc1cc(NC2CCNC(C)C2)n2ncnc2n1. The van der Waals surface area contributed by atoms with Crippen molar-refractivity contribution in [1.82, 2.24) is 24.9 Å². The molecule has 0 aliphatic carbocycles. The van der Waals surface area contributed by atoms with Crippen LogP contribution in [0.4, 0.5) is 5.82 Å². The van der Waals surface area contributed by atoms with Crippen LogP contribution in [-0.4, -0.2) is 38.2 Å². The molecule has 3 rings (SSSR count). The summed E-state index contributed by atoms with van der Waals surface area (Å²) in [5.74, 6) is 1.63. The molecule has 1 saturated heterocycles. The molecule has 0 amide bonds. The fourth-order valence-corrected chi connectivity index (χ4v) is 2.51. The van der Waals surface area contributed by atoms with E-state index in [-0.39, 0.29) is 0 Å². The van der Waals surface area contributed by atoms with Gasteiger partial charge in [0.2, 0.25) is 0 Å². The van der Waals surface area contributed by atoms with Crippen molar-refractivity contribution in [3.63, 3.8) is 0 Å². The zero-order chi connectivity index (χ0) is 12.5. The first kappa shape index (κ1) is 11.4. The number of hydrogen-bond donors (Lipinski definition) is 2. The van der Waals surface area contributed by atoms with E-state index in [1.165, 1.54) is 6.33 Å². The van der Waals surface area contributed by atoms with Crippen LogP contribution >= 0.6 is 0 Å². The van der Waals surface area contributed by atoms with Crippen molar-refractivity contribution in [2.45, 2.75) is 38.8 Å². The minimum absolute atomic E-state index is 0.482. The Morgan fingerprint density at radius 3 is 3.22 bits per heavy atom. The summed E-state index contributed by atoms with van der Waals surface area (Å²) < 4.78 is 1.76. The average molecular weight is 246 g/mol. The maximum atomic E-state index is 4.34. The number of rotatable bonds is 2. The molecule has 18 heavy (non-hydrogen) atoms. The van der Waals surface area contributed by atoms with Crippen molar-refractivity contribution < 1.29 is 0 Å². The summed E-state index contributed by atoms with van der Waals surface area (Å²) >= 11 is 0. The summed E-state index contributed by atoms with van der Waals surface area (Å²) in [5.41, 5.74) is 0.958. The highest BCUT2D eigenvalue weighted by molar-refractivity contribution is 5.45. The standard InChI is InChI=1S/C12H18N6/c1-8-5-10(3-4-13-8)17-11-6-9(2)16-12-14-7-15-18(11)12/h6-8,10,13,17H,3-5H2,1-2H3. The van der Waals surface area contributed by atoms with Crippen molar-refractivity contribution in [3.05, 3.63) is 18.1 Å². The Labute approximate surface area is 106 Å². The zero-order valence-corrected chi connectivity index (χ0v) is 10.7. The van der Waals surface area contributed by atoms with E-state index >= 15 is 0 Å². The van der Waals surface area contributed by atoms with Crippen LogP contribution in [-0.2, 0) is 0 Å². The molecule has 2 aromatic rings. The number of fused-ring (bicyclic) bond motifs is 1. The number of anilines is 1. The number of aryl methyl sites for hydroxylation is 1. The van der Waals surface area contributed by atoms with Crippen molar-refractivity contribution in [2.24, 2.45) is 0 Å². The Bertz CT molecular complexity index is 548. The monoisotopic (exact) mass is 246 g/mol. The van der Waals surface area contributed by atoms with Crippen LogP contribution in [0.1, 0.15) is 25.5 Å². The van der Waals surface area contributed by atoms with Gasteiger partial charge in [0.15, 0.2) is 0 Å². The molecular formula is C12H18N6. The molecule has 96 valence electrons. The van der Waals surface area contributed by atoms with Crippen LogP contribution in [0.25, 0.3) is 5.78 Å². The summed E-state index contributed by atoms with van der Waals surface area (Å²) in [6.45, 7) is 5.25. The largest absolute Gasteiger partial charge is 0.367 e. The number of aromatic nitrogens is 4.